The lowest BCUT2D eigenvalue weighted by Gasteiger charge is -2.05. The van der Waals surface area contributed by atoms with E-state index in [0.29, 0.717) is 22.6 Å². The maximum absolute atomic E-state index is 12.7. The molecule has 2 aromatic carbocycles. The summed E-state index contributed by atoms with van der Waals surface area (Å²) in [7, 11) is -2.45. The summed E-state index contributed by atoms with van der Waals surface area (Å²) in [5.74, 6) is -0.660. The number of amides is 1. The summed E-state index contributed by atoms with van der Waals surface area (Å²) in [5.41, 5.74) is 0.440. The number of nitrogens with zero attached hydrogens (tertiary/aromatic N) is 2. The quantitative estimate of drug-likeness (QED) is 0.270. The Balaban J connectivity index is 1.55. The molecule has 1 aromatic heterocycles. The van der Waals surface area contributed by atoms with E-state index in [-0.39, 0.29) is 26.3 Å². The first kappa shape index (κ1) is 23.8. The van der Waals surface area contributed by atoms with Gasteiger partial charge < -0.3 is 9.47 Å². The molecule has 0 radical (unpaired) electrons. The molecule has 1 N–H and O–H groups in total. The molecule has 0 aliphatic carbocycles. The van der Waals surface area contributed by atoms with Crippen molar-refractivity contribution in [2.24, 2.45) is 0 Å². The number of hydrogen-bond acceptors (Lipinski definition) is 10. The van der Waals surface area contributed by atoms with Crippen molar-refractivity contribution >= 4 is 43.9 Å². The van der Waals surface area contributed by atoms with E-state index < -0.39 is 33.2 Å². The number of aromatic nitrogens is 1. The topological polar surface area (TPSA) is 155 Å². The molecule has 0 aliphatic heterocycles. The second-order valence-corrected chi connectivity index (χ2v) is 9.68. The first-order valence-electron chi connectivity index (χ1n) is 9.23. The number of benzene rings is 2. The van der Waals surface area contributed by atoms with Gasteiger partial charge in [0.15, 0.2) is 11.7 Å². The average Bonchev–Trinajstić information content (AvgIpc) is 3.27. The number of nitrogens with one attached hydrogen (secondary N) is 1. The summed E-state index contributed by atoms with van der Waals surface area (Å²) < 4.78 is 35.1. The van der Waals surface area contributed by atoms with Crippen LogP contribution in [0.15, 0.2) is 63.8 Å². The number of carbonyl (C=O) groups is 2. The Morgan fingerprint density at radius 3 is 2.39 bits per heavy atom. The molecule has 172 valence electrons. The Bertz CT molecular complexity index is 1270. The van der Waals surface area contributed by atoms with Crippen molar-refractivity contribution in [2.75, 3.05) is 19.0 Å². The lowest BCUT2D eigenvalue weighted by Crippen LogP contribution is -2.21. The minimum absolute atomic E-state index is 0.00769. The van der Waals surface area contributed by atoms with Gasteiger partial charge in [0.05, 0.1) is 29.5 Å². The number of sulfone groups is 1. The SMILES string of the molecule is COc1ccc(CC(=O)OCC(=O)Nc2ncc(S(=O)(=O)c3ccc([N+](=O)[O-])cc3)s2)cc1. The number of non-ortho nitro benzene ring substituents is 1. The summed E-state index contributed by atoms with van der Waals surface area (Å²) >= 11 is 0.697. The molecule has 0 atom stereocenters. The first-order valence-corrected chi connectivity index (χ1v) is 11.5. The predicted octanol–water partition coefficient (Wildman–Crippen LogP) is 2.62. The van der Waals surface area contributed by atoms with Gasteiger partial charge in [-0.2, -0.15) is 0 Å². The van der Waals surface area contributed by atoms with Gasteiger partial charge in [0.25, 0.3) is 11.6 Å². The third-order valence-corrected chi connectivity index (χ3v) is 7.37. The van der Waals surface area contributed by atoms with Crippen molar-refractivity contribution in [1.82, 2.24) is 4.98 Å². The van der Waals surface area contributed by atoms with E-state index in [2.05, 4.69) is 10.3 Å². The zero-order chi connectivity index (χ0) is 24.0. The monoisotopic (exact) mass is 491 g/mol. The minimum atomic E-state index is -3.97. The number of ether oxygens (including phenoxy) is 2. The molecule has 13 heteroatoms. The van der Waals surface area contributed by atoms with Gasteiger partial charge in [0.1, 0.15) is 9.96 Å². The maximum atomic E-state index is 12.7. The zero-order valence-corrected chi connectivity index (χ0v) is 18.7. The highest BCUT2D eigenvalue weighted by molar-refractivity contribution is 7.93. The molecule has 0 spiro atoms. The van der Waals surface area contributed by atoms with Gasteiger partial charge in [-0.15, -0.1) is 0 Å². The van der Waals surface area contributed by atoms with Crippen molar-refractivity contribution in [3.05, 3.63) is 70.4 Å². The van der Waals surface area contributed by atoms with E-state index in [1.54, 1.807) is 24.3 Å². The van der Waals surface area contributed by atoms with Crippen LogP contribution < -0.4 is 10.1 Å². The second kappa shape index (κ2) is 10.2. The van der Waals surface area contributed by atoms with Gasteiger partial charge >= 0.3 is 5.97 Å². The van der Waals surface area contributed by atoms with Crippen LogP contribution in [0.4, 0.5) is 10.8 Å². The molecule has 0 unspecified atom stereocenters. The second-order valence-electron chi connectivity index (χ2n) is 6.47. The fourth-order valence-corrected chi connectivity index (χ4v) is 5.02. The third-order valence-electron chi connectivity index (χ3n) is 4.23. The Labute approximate surface area is 192 Å². The molecule has 11 nitrogen and oxygen atoms in total. The van der Waals surface area contributed by atoms with E-state index in [1.165, 1.54) is 7.11 Å². The molecule has 0 aliphatic rings. The van der Waals surface area contributed by atoms with E-state index in [1.807, 2.05) is 0 Å². The van der Waals surface area contributed by atoms with Crippen LogP contribution in [0, 0.1) is 10.1 Å². The molecule has 3 rings (SSSR count). The fraction of sp³-hybridized carbons (Fsp3) is 0.150. The molecule has 0 saturated heterocycles. The molecular formula is C20H17N3O8S2. The first-order chi connectivity index (χ1) is 15.7. The number of nitro groups is 1. The Morgan fingerprint density at radius 2 is 1.79 bits per heavy atom. The van der Waals surface area contributed by atoms with Crippen LogP contribution in [0.5, 0.6) is 5.75 Å². The molecule has 1 amide bonds. The number of nitro benzene ring substituents is 1. The molecule has 0 fully saturated rings. The number of methoxy groups -OCH3 is 1. The molecular weight excluding hydrogens is 474 g/mol. The van der Waals surface area contributed by atoms with Gasteiger partial charge in [-0.25, -0.2) is 13.4 Å². The van der Waals surface area contributed by atoms with Crippen LogP contribution >= 0.6 is 11.3 Å². The standard InChI is InChI=1S/C20H17N3O8S2/c1-30-15-6-2-13(3-7-15)10-18(25)31-12-17(24)22-20-21-11-19(32-20)33(28,29)16-8-4-14(5-9-16)23(26)27/h2-9,11H,10,12H2,1H3,(H,21,22,24). The van der Waals surface area contributed by atoms with Crippen LogP contribution in [0.25, 0.3) is 0 Å². The van der Waals surface area contributed by atoms with E-state index in [0.717, 1.165) is 30.5 Å². The number of carbonyl (C=O) groups excluding carboxylic acids is 2. The van der Waals surface area contributed by atoms with Gasteiger partial charge in [0, 0.05) is 12.1 Å². The Hall–Kier alpha value is -3.84. The molecule has 1 heterocycles. The highest BCUT2D eigenvalue weighted by Crippen LogP contribution is 2.29. The van der Waals surface area contributed by atoms with Crippen molar-refractivity contribution in [3.63, 3.8) is 0 Å². The minimum Gasteiger partial charge on any atom is -0.497 e. The van der Waals surface area contributed by atoms with Crippen molar-refractivity contribution < 1.29 is 32.4 Å². The summed E-state index contributed by atoms with van der Waals surface area (Å²) in [6, 6.07) is 11.2. The normalized spacial score (nSPS) is 10.9. The van der Waals surface area contributed by atoms with Gasteiger partial charge in [0.2, 0.25) is 9.84 Å². The van der Waals surface area contributed by atoms with Gasteiger partial charge in [-0.3, -0.25) is 25.0 Å². The number of thiazole rings is 1. The van der Waals surface area contributed by atoms with E-state index >= 15 is 0 Å². The van der Waals surface area contributed by atoms with Crippen LogP contribution in [0.3, 0.4) is 0 Å². The van der Waals surface area contributed by atoms with Gasteiger partial charge in [-0.1, -0.05) is 23.5 Å². The summed E-state index contributed by atoms with van der Waals surface area (Å²) in [6.45, 7) is -0.570. The summed E-state index contributed by atoms with van der Waals surface area (Å²) in [6.07, 6.45) is 1.03. The summed E-state index contributed by atoms with van der Waals surface area (Å²) in [5, 5.41) is 13.1. The highest BCUT2D eigenvalue weighted by Gasteiger charge is 2.22. The van der Waals surface area contributed by atoms with E-state index in [4.69, 9.17) is 9.47 Å². The highest BCUT2D eigenvalue weighted by atomic mass is 32.2. The van der Waals surface area contributed by atoms with Crippen LogP contribution in [-0.4, -0.2) is 43.9 Å². The smallest absolute Gasteiger partial charge is 0.310 e. The van der Waals surface area contributed by atoms with Crippen molar-refractivity contribution in [3.8, 4) is 5.75 Å². The lowest BCUT2D eigenvalue weighted by molar-refractivity contribution is -0.384. The fourth-order valence-electron chi connectivity index (χ4n) is 2.57. The van der Waals surface area contributed by atoms with Crippen LogP contribution in [-0.2, 0) is 30.6 Å². The number of anilines is 1. The van der Waals surface area contributed by atoms with E-state index in [9.17, 15) is 28.1 Å². The number of esters is 1. The molecule has 0 bridgehead atoms. The Morgan fingerprint density at radius 1 is 1.12 bits per heavy atom. The summed E-state index contributed by atoms with van der Waals surface area (Å²) in [4.78, 5) is 37.7. The predicted molar refractivity (Wildman–Crippen MR) is 117 cm³/mol. The molecule has 3 aromatic rings. The third kappa shape index (κ3) is 6.11. The molecule has 33 heavy (non-hydrogen) atoms. The number of rotatable bonds is 9. The Kier molecular flexibility index (Phi) is 7.35. The molecule has 0 saturated carbocycles. The van der Waals surface area contributed by atoms with Crippen LogP contribution in [0.2, 0.25) is 0 Å². The zero-order valence-electron chi connectivity index (χ0n) is 17.1. The average molecular weight is 492 g/mol. The number of hydrogen-bond donors (Lipinski definition) is 1. The van der Waals surface area contributed by atoms with Crippen LogP contribution in [0.1, 0.15) is 5.56 Å². The van der Waals surface area contributed by atoms with Crippen molar-refractivity contribution in [1.29, 1.82) is 0 Å². The lowest BCUT2D eigenvalue weighted by atomic mass is 10.1. The maximum Gasteiger partial charge on any atom is 0.310 e. The van der Waals surface area contributed by atoms with Crippen molar-refractivity contribution in [2.45, 2.75) is 15.5 Å². The van der Waals surface area contributed by atoms with Gasteiger partial charge in [-0.05, 0) is 29.8 Å². The largest absolute Gasteiger partial charge is 0.497 e.